The van der Waals surface area contributed by atoms with Crippen LogP contribution in [0.25, 0.3) is 0 Å². The highest BCUT2D eigenvalue weighted by atomic mass is 32.2. The monoisotopic (exact) mass is 276 g/mol. The molecule has 0 aromatic rings. The van der Waals surface area contributed by atoms with Gasteiger partial charge in [0.05, 0.1) is 5.75 Å². The van der Waals surface area contributed by atoms with Gasteiger partial charge in [0.1, 0.15) is 9.84 Å². The van der Waals surface area contributed by atoms with E-state index in [9.17, 15) is 8.42 Å². The van der Waals surface area contributed by atoms with Crippen molar-refractivity contribution in [3.8, 4) is 0 Å². The summed E-state index contributed by atoms with van der Waals surface area (Å²) in [6.45, 7) is 11.8. The summed E-state index contributed by atoms with van der Waals surface area (Å²) in [5, 5.41) is 3.52. The maximum absolute atomic E-state index is 11.2. The molecule has 0 aliphatic carbocycles. The quantitative estimate of drug-likeness (QED) is 0.836. The van der Waals surface area contributed by atoms with Crippen LogP contribution in [0.4, 0.5) is 0 Å². The minimum atomic E-state index is -2.83. The van der Waals surface area contributed by atoms with Gasteiger partial charge in [-0.15, -0.1) is 0 Å². The first kappa shape index (κ1) is 15.9. The molecule has 1 saturated heterocycles. The Morgan fingerprint density at radius 1 is 1.33 bits per heavy atom. The van der Waals surface area contributed by atoms with Crippen LogP contribution in [0.15, 0.2) is 0 Å². The Morgan fingerprint density at radius 2 is 1.94 bits per heavy atom. The molecule has 2 unspecified atom stereocenters. The van der Waals surface area contributed by atoms with Gasteiger partial charge in [-0.3, -0.25) is 4.90 Å². The molecular weight excluding hydrogens is 248 g/mol. The van der Waals surface area contributed by atoms with Crippen LogP contribution in [0.3, 0.4) is 0 Å². The molecule has 5 heteroatoms. The van der Waals surface area contributed by atoms with Crippen LogP contribution in [0.5, 0.6) is 0 Å². The number of nitrogens with zero attached hydrogens (tertiary/aromatic N) is 1. The second-order valence-corrected chi connectivity index (χ2v) is 8.93. The molecular formula is C13H28N2O2S. The molecule has 0 saturated carbocycles. The first-order valence-corrected chi connectivity index (χ1v) is 8.81. The molecule has 1 heterocycles. The summed E-state index contributed by atoms with van der Waals surface area (Å²) in [7, 11) is -2.83. The van der Waals surface area contributed by atoms with Gasteiger partial charge in [0.15, 0.2) is 0 Å². The summed E-state index contributed by atoms with van der Waals surface area (Å²) in [5.74, 6) is 0.294. The number of piperazine rings is 1. The molecule has 0 amide bonds. The van der Waals surface area contributed by atoms with Crippen LogP contribution in [0.1, 0.15) is 34.1 Å². The molecule has 1 rings (SSSR count). The number of hydrogen-bond acceptors (Lipinski definition) is 4. The van der Waals surface area contributed by atoms with Gasteiger partial charge >= 0.3 is 0 Å². The van der Waals surface area contributed by atoms with Crippen molar-refractivity contribution in [3.63, 3.8) is 0 Å². The average Bonchev–Trinajstić information content (AvgIpc) is 2.13. The van der Waals surface area contributed by atoms with Crippen molar-refractivity contribution in [2.24, 2.45) is 5.41 Å². The molecule has 0 radical (unpaired) electrons. The van der Waals surface area contributed by atoms with Crippen LogP contribution in [-0.4, -0.2) is 57.0 Å². The zero-order chi connectivity index (χ0) is 14.0. The SMILES string of the molecule is CC1CN(CCCS(C)(=O)=O)C(C(C)(C)C)CN1. The molecule has 4 nitrogen and oxygen atoms in total. The second-order valence-electron chi connectivity index (χ2n) is 6.67. The van der Waals surface area contributed by atoms with Gasteiger partial charge in [-0.25, -0.2) is 8.42 Å². The molecule has 1 aliphatic heterocycles. The van der Waals surface area contributed by atoms with Crippen LogP contribution >= 0.6 is 0 Å². The zero-order valence-corrected chi connectivity index (χ0v) is 13.2. The van der Waals surface area contributed by atoms with E-state index >= 15 is 0 Å². The summed E-state index contributed by atoms with van der Waals surface area (Å²) in [4.78, 5) is 2.45. The van der Waals surface area contributed by atoms with Gasteiger partial charge in [0.25, 0.3) is 0 Å². The number of hydrogen-bond donors (Lipinski definition) is 1. The van der Waals surface area contributed by atoms with Crippen molar-refractivity contribution in [2.75, 3.05) is 31.6 Å². The molecule has 108 valence electrons. The van der Waals surface area contributed by atoms with E-state index < -0.39 is 9.84 Å². The van der Waals surface area contributed by atoms with E-state index in [0.29, 0.717) is 17.8 Å². The van der Waals surface area contributed by atoms with Crippen molar-refractivity contribution in [3.05, 3.63) is 0 Å². The van der Waals surface area contributed by atoms with Gasteiger partial charge in [0.2, 0.25) is 0 Å². The lowest BCUT2D eigenvalue weighted by Crippen LogP contribution is -2.60. The minimum Gasteiger partial charge on any atom is -0.311 e. The fourth-order valence-corrected chi connectivity index (χ4v) is 3.27. The fraction of sp³-hybridized carbons (Fsp3) is 1.00. The molecule has 1 N–H and O–H groups in total. The van der Waals surface area contributed by atoms with Crippen molar-refractivity contribution in [1.82, 2.24) is 10.2 Å². The lowest BCUT2D eigenvalue weighted by atomic mass is 9.84. The zero-order valence-electron chi connectivity index (χ0n) is 12.4. The van der Waals surface area contributed by atoms with E-state index in [2.05, 4.69) is 37.9 Å². The van der Waals surface area contributed by atoms with E-state index in [0.717, 1.165) is 26.1 Å². The molecule has 1 fully saturated rings. The van der Waals surface area contributed by atoms with Crippen molar-refractivity contribution >= 4 is 9.84 Å². The van der Waals surface area contributed by atoms with E-state index in [1.165, 1.54) is 6.26 Å². The lowest BCUT2D eigenvalue weighted by molar-refractivity contribution is 0.0594. The smallest absolute Gasteiger partial charge is 0.147 e. The van der Waals surface area contributed by atoms with E-state index in [4.69, 9.17) is 0 Å². The van der Waals surface area contributed by atoms with E-state index in [-0.39, 0.29) is 5.41 Å². The van der Waals surface area contributed by atoms with Crippen LogP contribution in [-0.2, 0) is 9.84 Å². The Labute approximate surface area is 112 Å². The molecule has 2 atom stereocenters. The maximum atomic E-state index is 11.2. The highest BCUT2D eigenvalue weighted by molar-refractivity contribution is 7.90. The maximum Gasteiger partial charge on any atom is 0.147 e. The number of rotatable bonds is 4. The third-order valence-electron chi connectivity index (χ3n) is 3.57. The standard InChI is InChI=1S/C13H28N2O2S/c1-11-10-15(7-6-8-18(5,16)17)12(9-14-11)13(2,3)4/h11-12,14H,6-10H2,1-5H3. The molecule has 18 heavy (non-hydrogen) atoms. The summed E-state index contributed by atoms with van der Waals surface area (Å²) >= 11 is 0. The van der Waals surface area contributed by atoms with Crippen molar-refractivity contribution in [2.45, 2.75) is 46.2 Å². The predicted molar refractivity (Wildman–Crippen MR) is 76.6 cm³/mol. The summed E-state index contributed by atoms with van der Waals surface area (Å²) in [5.41, 5.74) is 0.220. The first-order valence-electron chi connectivity index (χ1n) is 6.75. The third-order valence-corrected chi connectivity index (χ3v) is 4.60. The van der Waals surface area contributed by atoms with Crippen LogP contribution in [0.2, 0.25) is 0 Å². The van der Waals surface area contributed by atoms with Gasteiger partial charge < -0.3 is 5.32 Å². The number of nitrogens with one attached hydrogen (secondary N) is 1. The molecule has 1 aliphatic rings. The highest BCUT2D eigenvalue weighted by Crippen LogP contribution is 2.26. The molecule has 0 aromatic carbocycles. The fourth-order valence-electron chi connectivity index (χ4n) is 2.62. The Kier molecular flexibility index (Phi) is 5.21. The first-order chi connectivity index (χ1) is 8.09. The van der Waals surface area contributed by atoms with Crippen molar-refractivity contribution < 1.29 is 8.42 Å². The summed E-state index contributed by atoms with van der Waals surface area (Å²) in [6, 6.07) is 0.968. The average molecular weight is 276 g/mol. The Balaban J connectivity index is 2.57. The van der Waals surface area contributed by atoms with E-state index in [1.807, 2.05) is 0 Å². The topological polar surface area (TPSA) is 49.4 Å². The molecule has 0 bridgehead atoms. The Bertz CT molecular complexity index is 360. The van der Waals surface area contributed by atoms with Gasteiger partial charge in [-0.2, -0.15) is 0 Å². The van der Waals surface area contributed by atoms with Gasteiger partial charge in [-0.1, -0.05) is 20.8 Å². The Morgan fingerprint density at radius 3 is 2.44 bits per heavy atom. The minimum absolute atomic E-state index is 0.220. The lowest BCUT2D eigenvalue weighted by Gasteiger charge is -2.46. The number of sulfone groups is 1. The highest BCUT2D eigenvalue weighted by Gasteiger charge is 2.33. The molecule has 0 spiro atoms. The van der Waals surface area contributed by atoms with Gasteiger partial charge in [-0.05, 0) is 25.3 Å². The predicted octanol–water partition coefficient (Wildman–Crippen LogP) is 1.13. The molecule has 0 aromatic heterocycles. The Hall–Kier alpha value is -0.130. The van der Waals surface area contributed by atoms with Crippen LogP contribution < -0.4 is 5.32 Å². The van der Waals surface area contributed by atoms with Gasteiger partial charge in [0, 0.05) is 31.4 Å². The summed E-state index contributed by atoms with van der Waals surface area (Å²) in [6.07, 6.45) is 2.05. The summed E-state index contributed by atoms with van der Waals surface area (Å²) < 4.78 is 22.4. The second kappa shape index (κ2) is 5.88. The van der Waals surface area contributed by atoms with E-state index in [1.54, 1.807) is 0 Å². The van der Waals surface area contributed by atoms with Crippen molar-refractivity contribution in [1.29, 1.82) is 0 Å². The normalized spacial score (nSPS) is 27.4. The third kappa shape index (κ3) is 5.24. The van der Waals surface area contributed by atoms with Crippen LogP contribution in [0, 0.1) is 5.41 Å². The largest absolute Gasteiger partial charge is 0.311 e.